The van der Waals surface area contributed by atoms with Gasteiger partial charge in [-0.05, 0) is 37.6 Å². The topological polar surface area (TPSA) is 29.3 Å². The van der Waals surface area contributed by atoms with Crippen LogP contribution in [0.2, 0.25) is 0 Å². The number of rotatable bonds is 4. The van der Waals surface area contributed by atoms with E-state index in [1.807, 2.05) is 18.2 Å². The molecule has 0 unspecified atom stereocenters. The van der Waals surface area contributed by atoms with Crippen LogP contribution in [0, 0.1) is 0 Å². The monoisotopic (exact) mass is 318 g/mol. The van der Waals surface area contributed by atoms with Gasteiger partial charge in [-0.15, -0.1) is 0 Å². The zero-order chi connectivity index (χ0) is 13.8. The summed E-state index contributed by atoms with van der Waals surface area (Å²) in [5.74, 6) is 0. The first-order valence-corrected chi connectivity index (χ1v) is 7.23. The molecule has 2 aromatic carbocycles. The van der Waals surface area contributed by atoms with Gasteiger partial charge in [-0.2, -0.15) is 0 Å². The average molecular weight is 319 g/mol. The summed E-state index contributed by atoms with van der Waals surface area (Å²) in [6.07, 6.45) is 0. The van der Waals surface area contributed by atoms with Crippen molar-refractivity contribution in [1.29, 1.82) is 0 Å². The number of nitrogens with zero attached hydrogens (tertiary/aromatic N) is 1. The van der Waals surface area contributed by atoms with E-state index in [9.17, 15) is 0 Å². The Labute approximate surface area is 123 Å². The Kier molecular flexibility index (Phi) is 4.48. The fourth-order valence-corrected chi connectivity index (χ4v) is 2.49. The number of nitrogens with two attached hydrogens (primary N) is 1. The van der Waals surface area contributed by atoms with Crippen LogP contribution in [0.15, 0.2) is 53.0 Å². The SMILES string of the molecule is CC(C)N(Cc1ccccc1)c1ccc(Br)cc1N. The lowest BCUT2D eigenvalue weighted by Crippen LogP contribution is -2.30. The molecule has 0 saturated carbocycles. The van der Waals surface area contributed by atoms with E-state index < -0.39 is 0 Å². The quantitative estimate of drug-likeness (QED) is 0.844. The third-order valence-corrected chi connectivity index (χ3v) is 3.61. The van der Waals surface area contributed by atoms with Gasteiger partial charge in [-0.3, -0.25) is 0 Å². The zero-order valence-corrected chi connectivity index (χ0v) is 12.9. The first-order valence-electron chi connectivity index (χ1n) is 6.43. The minimum absolute atomic E-state index is 0.392. The minimum atomic E-state index is 0.392. The smallest absolute Gasteiger partial charge is 0.0606 e. The van der Waals surface area contributed by atoms with Gasteiger partial charge in [0, 0.05) is 17.1 Å². The fraction of sp³-hybridized carbons (Fsp3) is 0.250. The predicted molar refractivity (Wildman–Crippen MR) is 86.3 cm³/mol. The largest absolute Gasteiger partial charge is 0.397 e. The minimum Gasteiger partial charge on any atom is -0.397 e. The Morgan fingerprint density at radius 1 is 1.11 bits per heavy atom. The highest BCUT2D eigenvalue weighted by atomic mass is 79.9. The number of anilines is 2. The van der Waals surface area contributed by atoms with Crippen LogP contribution in [0.5, 0.6) is 0 Å². The van der Waals surface area contributed by atoms with Crippen molar-refractivity contribution in [2.24, 2.45) is 0 Å². The van der Waals surface area contributed by atoms with Crippen molar-refractivity contribution in [3.63, 3.8) is 0 Å². The maximum Gasteiger partial charge on any atom is 0.0606 e. The van der Waals surface area contributed by atoms with Gasteiger partial charge in [0.15, 0.2) is 0 Å². The molecule has 0 heterocycles. The lowest BCUT2D eigenvalue weighted by molar-refractivity contribution is 0.683. The molecule has 0 aliphatic rings. The second-order valence-electron chi connectivity index (χ2n) is 4.91. The molecular weight excluding hydrogens is 300 g/mol. The molecule has 0 saturated heterocycles. The van der Waals surface area contributed by atoms with Crippen LogP contribution < -0.4 is 10.6 Å². The number of hydrogen-bond donors (Lipinski definition) is 1. The maximum absolute atomic E-state index is 6.14. The summed E-state index contributed by atoms with van der Waals surface area (Å²) in [5, 5.41) is 0. The molecule has 0 aliphatic carbocycles. The molecule has 0 amide bonds. The van der Waals surface area contributed by atoms with Crippen molar-refractivity contribution in [2.75, 3.05) is 10.6 Å². The van der Waals surface area contributed by atoms with Crippen molar-refractivity contribution in [3.8, 4) is 0 Å². The van der Waals surface area contributed by atoms with Crippen molar-refractivity contribution in [3.05, 3.63) is 58.6 Å². The number of nitrogen functional groups attached to an aromatic ring is 1. The van der Waals surface area contributed by atoms with E-state index in [1.54, 1.807) is 0 Å². The van der Waals surface area contributed by atoms with Crippen LogP contribution in [-0.2, 0) is 6.54 Å². The van der Waals surface area contributed by atoms with Crippen molar-refractivity contribution >= 4 is 27.3 Å². The van der Waals surface area contributed by atoms with Gasteiger partial charge < -0.3 is 10.6 Å². The first-order chi connectivity index (χ1) is 9.08. The van der Waals surface area contributed by atoms with Crippen LogP contribution in [0.3, 0.4) is 0 Å². The summed E-state index contributed by atoms with van der Waals surface area (Å²) in [6, 6.07) is 16.9. The van der Waals surface area contributed by atoms with Crippen LogP contribution in [0.25, 0.3) is 0 Å². The second-order valence-corrected chi connectivity index (χ2v) is 5.83. The Balaban J connectivity index is 2.30. The van der Waals surface area contributed by atoms with E-state index in [0.29, 0.717) is 6.04 Å². The highest BCUT2D eigenvalue weighted by Crippen LogP contribution is 2.29. The van der Waals surface area contributed by atoms with Crippen molar-refractivity contribution in [2.45, 2.75) is 26.4 Å². The van der Waals surface area contributed by atoms with Crippen LogP contribution in [0.4, 0.5) is 11.4 Å². The van der Waals surface area contributed by atoms with Crippen LogP contribution >= 0.6 is 15.9 Å². The van der Waals surface area contributed by atoms with E-state index in [1.165, 1.54) is 5.56 Å². The average Bonchev–Trinajstić information content (AvgIpc) is 2.38. The molecule has 3 heteroatoms. The molecule has 0 radical (unpaired) electrons. The van der Waals surface area contributed by atoms with Gasteiger partial charge in [0.25, 0.3) is 0 Å². The molecule has 0 aliphatic heterocycles. The molecule has 2 nitrogen and oxygen atoms in total. The van der Waals surface area contributed by atoms with Gasteiger partial charge in [0.1, 0.15) is 0 Å². The standard InChI is InChI=1S/C16H19BrN2/c1-12(2)19(11-13-6-4-3-5-7-13)16-9-8-14(17)10-15(16)18/h3-10,12H,11,18H2,1-2H3. The van der Waals surface area contributed by atoms with E-state index >= 15 is 0 Å². The summed E-state index contributed by atoms with van der Waals surface area (Å²) in [6.45, 7) is 5.24. The van der Waals surface area contributed by atoms with Gasteiger partial charge in [-0.25, -0.2) is 0 Å². The fourth-order valence-electron chi connectivity index (χ4n) is 2.11. The lowest BCUT2D eigenvalue weighted by Gasteiger charge is -2.30. The summed E-state index contributed by atoms with van der Waals surface area (Å²) in [7, 11) is 0. The molecule has 0 spiro atoms. The molecule has 2 N–H and O–H groups in total. The summed E-state index contributed by atoms with van der Waals surface area (Å²) < 4.78 is 1.01. The molecule has 100 valence electrons. The number of benzene rings is 2. The third-order valence-electron chi connectivity index (χ3n) is 3.12. The molecule has 0 bridgehead atoms. The molecule has 0 fully saturated rings. The van der Waals surface area contributed by atoms with Crippen molar-refractivity contribution < 1.29 is 0 Å². The van der Waals surface area contributed by atoms with Gasteiger partial charge in [0.2, 0.25) is 0 Å². The van der Waals surface area contributed by atoms with Gasteiger partial charge in [-0.1, -0.05) is 46.3 Å². The van der Waals surface area contributed by atoms with E-state index in [-0.39, 0.29) is 0 Å². The summed E-state index contributed by atoms with van der Waals surface area (Å²) in [4.78, 5) is 2.32. The molecule has 0 aromatic heterocycles. The van der Waals surface area contributed by atoms with Gasteiger partial charge in [0.05, 0.1) is 11.4 Å². The van der Waals surface area contributed by atoms with Crippen LogP contribution in [0.1, 0.15) is 19.4 Å². The van der Waals surface area contributed by atoms with Crippen LogP contribution in [-0.4, -0.2) is 6.04 Å². The highest BCUT2D eigenvalue weighted by Gasteiger charge is 2.14. The third kappa shape index (κ3) is 3.51. The van der Waals surface area contributed by atoms with Crippen molar-refractivity contribution in [1.82, 2.24) is 0 Å². The second kappa shape index (κ2) is 6.11. The van der Waals surface area contributed by atoms with E-state index in [2.05, 4.69) is 65.0 Å². The zero-order valence-electron chi connectivity index (χ0n) is 11.3. The Hall–Kier alpha value is -1.48. The Morgan fingerprint density at radius 2 is 1.79 bits per heavy atom. The normalized spacial score (nSPS) is 10.7. The molecule has 0 atom stereocenters. The number of hydrogen-bond acceptors (Lipinski definition) is 2. The lowest BCUT2D eigenvalue weighted by atomic mass is 10.1. The highest BCUT2D eigenvalue weighted by molar-refractivity contribution is 9.10. The summed E-state index contributed by atoms with van der Waals surface area (Å²) >= 11 is 3.45. The Bertz CT molecular complexity index is 538. The molecular formula is C16H19BrN2. The summed E-state index contributed by atoms with van der Waals surface area (Å²) in [5.41, 5.74) is 9.32. The predicted octanol–water partition coefficient (Wildman–Crippen LogP) is 4.45. The van der Waals surface area contributed by atoms with E-state index in [0.717, 1.165) is 22.4 Å². The molecule has 2 aromatic rings. The van der Waals surface area contributed by atoms with E-state index in [4.69, 9.17) is 5.73 Å². The molecule has 2 rings (SSSR count). The maximum atomic E-state index is 6.14. The molecule has 19 heavy (non-hydrogen) atoms. The Morgan fingerprint density at radius 3 is 2.37 bits per heavy atom. The number of halogens is 1. The first kappa shape index (κ1) is 13.9. The van der Waals surface area contributed by atoms with Gasteiger partial charge >= 0.3 is 0 Å².